The summed E-state index contributed by atoms with van der Waals surface area (Å²) in [6.07, 6.45) is 1.60. The summed E-state index contributed by atoms with van der Waals surface area (Å²) in [5, 5.41) is 4.98. The van der Waals surface area contributed by atoms with Gasteiger partial charge in [-0.3, -0.25) is 9.59 Å². The van der Waals surface area contributed by atoms with Gasteiger partial charge in [0.1, 0.15) is 6.04 Å². The zero-order valence-electron chi connectivity index (χ0n) is 15.6. The number of benzene rings is 1. The Balaban J connectivity index is 1.64. The molecule has 0 saturated carbocycles. The number of hydrogen-bond donors (Lipinski definition) is 1. The maximum atomic E-state index is 12.8. The van der Waals surface area contributed by atoms with Gasteiger partial charge in [-0.1, -0.05) is 49.7 Å². The molecule has 1 aromatic carbocycles. The predicted molar refractivity (Wildman–Crippen MR) is 106 cm³/mol. The summed E-state index contributed by atoms with van der Waals surface area (Å²) < 4.78 is 0. The Morgan fingerprint density at radius 3 is 2.77 bits per heavy atom. The standard InChI is InChI=1S/C21H26N2O2S/c1-15-7-4-8-16(13-15)21(2,3)14-22-19(24)17-9-5-11-23(17)20(25)18-10-6-12-26-18/h4,6-8,10,12-13,17H,5,9,11,14H2,1-3H3,(H,22,24)/t17-/m0/s1. The molecule has 0 unspecified atom stereocenters. The lowest BCUT2D eigenvalue weighted by atomic mass is 9.84. The van der Waals surface area contributed by atoms with E-state index < -0.39 is 0 Å². The first-order chi connectivity index (χ1) is 12.4. The highest BCUT2D eigenvalue weighted by molar-refractivity contribution is 7.12. The molecule has 2 amide bonds. The largest absolute Gasteiger partial charge is 0.353 e. The fourth-order valence-electron chi connectivity index (χ4n) is 3.42. The molecule has 0 radical (unpaired) electrons. The molecule has 5 heteroatoms. The van der Waals surface area contributed by atoms with Crippen LogP contribution < -0.4 is 5.32 Å². The van der Waals surface area contributed by atoms with E-state index in [1.54, 1.807) is 4.90 Å². The van der Waals surface area contributed by atoms with E-state index in [9.17, 15) is 9.59 Å². The van der Waals surface area contributed by atoms with Gasteiger partial charge in [-0.25, -0.2) is 0 Å². The van der Waals surface area contributed by atoms with Gasteiger partial charge < -0.3 is 10.2 Å². The molecular weight excluding hydrogens is 344 g/mol. The van der Waals surface area contributed by atoms with Crippen molar-refractivity contribution in [3.05, 3.63) is 57.8 Å². The summed E-state index contributed by atoms with van der Waals surface area (Å²) in [6, 6.07) is 11.7. The van der Waals surface area contributed by atoms with Crippen molar-refractivity contribution in [1.29, 1.82) is 0 Å². The average molecular weight is 371 g/mol. The molecule has 0 bridgehead atoms. The van der Waals surface area contributed by atoms with Crippen molar-refractivity contribution in [2.75, 3.05) is 13.1 Å². The molecule has 1 fully saturated rings. The Labute approximate surface area is 159 Å². The number of carbonyl (C=O) groups is 2. The monoisotopic (exact) mass is 370 g/mol. The van der Waals surface area contributed by atoms with Gasteiger partial charge in [0, 0.05) is 18.5 Å². The molecular formula is C21H26N2O2S. The van der Waals surface area contributed by atoms with E-state index in [0.717, 1.165) is 12.8 Å². The van der Waals surface area contributed by atoms with Crippen LogP contribution in [0, 0.1) is 6.92 Å². The third kappa shape index (κ3) is 3.98. The van der Waals surface area contributed by atoms with Crippen LogP contribution >= 0.6 is 11.3 Å². The second-order valence-electron chi connectivity index (χ2n) is 7.61. The third-order valence-corrected chi connectivity index (χ3v) is 5.91. The van der Waals surface area contributed by atoms with Crippen LogP contribution in [-0.4, -0.2) is 35.8 Å². The van der Waals surface area contributed by atoms with E-state index in [4.69, 9.17) is 0 Å². The summed E-state index contributed by atoms with van der Waals surface area (Å²) >= 11 is 1.42. The number of thiophene rings is 1. The molecule has 2 aromatic rings. The summed E-state index contributed by atoms with van der Waals surface area (Å²) in [5.41, 5.74) is 2.25. The first kappa shape index (κ1) is 18.6. The van der Waals surface area contributed by atoms with Gasteiger partial charge in [0.15, 0.2) is 0 Å². The molecule has 1 aliphatic rings. The smallest absolute Gasteiger partial charge is 0.264 e. The highest BCUT2D eigenvalue weighted by Crippen LogP contribution is 2.25. The van der Waals surface area contributed by atoms with Crippen LogP contribution in [0.1, 0.15) is 47.5 Å². The molecule has 0 spiro atoms. The number of rotatable bonds is 5. The lowest BCUT2D eigenvalue weighted by Gasteiger charge is -2.29. The van der Waals surface area contributed by atoms with Crippen LogP contribution in [-0.2, 0) is 10.2 Å². The minimum absolute atomic E-state index is 0.0319. The third-order valence-electron chi connectivity index (χ3n) is 5.05. The van der Waals surface area contributed by atoms with Gasteiger partial charge >= 0.3 is 0 Å². The fraction of sp³-hybridized carbons (Fsp3) is 0.429. The maximum Gasteiger partial charge on any atom is 0.264 e. The topological polar surface area (TPSA) is 49.4 Å². The Morgan fingerprint density at radius 2 is 2.08 bits per heavy atom. The highest BCUT2D eigenvalue weighted by Gasteiger charge is 2.35. The molecule has 138 valence electrons. The first-order valence-electron chi connectivity index (χ1n) is 9.08. The molecule has 4 nitrogen and oxygen atoms in total. The van der Waals surface area contributed by atoms with E-state index in [2.05, 4.69) is 44.3 Å². The predicted octanol–water partition coefficient (Wildman–Crippen LogP) is 3.76. The van der Waals surface area contributed by atoms with Crippen molar-refractivity contribution in [3.8, 4) is 0 Å². The second-order valence-corrected chi connectivity index (χ2v) is 8.55. The number of amides is 2. The Morgan fingerprint density at radius 1 is 1.27 bits per heavy atom. The quantitative estimate of drug-likeness (QED) is 0.871. The lowest BCUT2D eigenvalue weighted by molar-refractivity contribution is -0.125. The van der Waals surface area contributed by atoms with Crippen molar-refractivity contribution in [3.63, 3.8) is 0 Å². The minimum atomic E-state index is -0.363. The van der Waals surface area contributed by atoms with Gasteiger partial charge in [0.25, 0.3) is 5.91 Å². The first-order valence-corrected chi connectivity index (χ1v) is 9.96. The van der Waals surface area contributed by atoms with Crippen LogP contribution in [0.4, 0.5) is 0 Å². The van der Waals surface area contributed by atoms with Crippen LogP contribution in [0.15, 0.2) is 41.8 Å². The summed E-state index contributed by atoms with van der Waals surface area (Å²) in [6.45, 7) is 7.53. The van der Waals surface area contributed by atoms with E-state index in [1.807, 2.05) is 23.6 Å². The normalized spacial score (nSPS) is 17.3. The van der Waals surface area contributed by atoms with E-state index in [-0.39, 0.29) is 23.3 Å². The van der Waals surface area contributed by atoms with E-state index >= 15 is 0 Å². The lowest BCUT2D eigenvalue weighted by Crippen LogP contribution is -2.48. The Kier molecular flexibility index (Phi) is 5.47. The van der Waals surface area contributed by atoms with Gasteiger partial charge in [-0.15, -0.1) is 11.3 Å². The van der Waals surface area contributed by atoms with Crippen LogP contribution in [0.3, 0.4) is 0 Å². The van der Waals surface area contributed by atoms with Crippen molar-refractivity contribution >= 4 is 23.2 Å². The van der Waals surface area contributed by atoms with Gasteiger partial charge in [-0.05, 0) is 36.8 Å². The molecule has 3 rings (SSSR count). The fourth-order valence-corrected chi connectivity index (χ4v) is 4.10. The number of aryl methyl sites for hydroxylation is 1. The Hall–Kier alpha value is -2.14. The zero-order chi connectivity index (χ0) is 18.7. The van der Waals surface area contributed by atoms with Crippen LogP contribution in [0.5, 0.6) is 0 Å². The van der Waals surface area contributed by atoms with Crippen molar-refractivity contribution in [2.24, 2.45) is 0 Å². The number of hydrogen-bond acceptors (Lipinski definition) is 3. The van der Waals surface area contributed by atoms with Crippen molar-refractivity contribution in [1.82, 2.24) is 10.2 Å². The van der Waals surface area contributed by atoms with Crippen LogP contribution in [0.2, 0.25) is 0 Å². The van der Waals surface area contributed by atoms with Crippen LogP contribution in [0.25, 0.3) is 0 Å². The molecule has 1 atom stereocenters. The average Bonchev–Trinajstić information content (AvgIpc) is 3.30. The van der Waals surface area contributed by atoms with Crippen molar-refractivity contribution < 1.29 is 9.59 Å². The minimum Gasteiger partial charge on any atom is -0.353 e. The summed E-state index contributed by atoms with van der Waals surface area (Å²) in [5.74, 6) is -0.0799. The number of nitrogens with one attached hydrogen (secondary N) is 1. The molecule has 0 aliphatic carbocycles. The second kappa shape index (κ2) is 7.62. The van der Waals surface area contributed by atoms with Crippen molar-refractivity contribution in [2.45, 2.75) is 45.1 Å². The SMILES string of the molecule is Cc1cccc(C(C)(C)CNC(=O)[C@@H]2CCCN2C(=O)c2cccs2)c1. The number of nitrogens with zero attached hydrogens (tertiary/aromatic N) is 1. The Bertz CT molecular complexity index is 783. The number of carbonyl (C=O) groups excluding carboxylic acids is 2. The van der Waals surface area contributed by atoms with Gasteiger partial charge in [0.2, 0.25) is 5.91 Å². The number of likely N-dealkylation sites (tertiary alicyclic amines) is 1. The van der Waals surface area contributed by atoms with E-state index in [0.29, 0.717) is 18.0 Å². The molecule has 2 heterocycles. The molecule has 26 heavy (non-hydrogen) atoms. The van der Waals surface area contributed by atoms with E-state index in [1.165, 1.54) is 22.5 Å². The zero-order valence-corrected chi connectivity index (χ0v) is 16.4. The molecule has 1 aromatic heterocycles. The maximum absolute atomic E-state index is 12.8. The van der Waals surface area contributed by atoms with Gasteiger partial charge in [-0.2, -0.15) is 0 Å². The molecule has 1 aliphatic heterocycles. The summed E-state index contributed by atoms with van der Waals surface area (Å²) in [7, 11) is 0. The summed E-state index contributed by atoms with van der Waals surface area (Å²) in [4.78, 5) is 27.8. The van der Waals surface area contributed by atoms with Gasteiger partial charge in [0.05, 0.1) is 4.88 Å². The highest BCUT2D eigenvalue weighted by atomic mass is 32.1. The molecule has 1 saturated heterocycles. The molecule has 1 N–H and O–H groups in total.